The van der Waals surface area contributed by atoms with E-state index in [0.29, 0.717) is 4.61 Å². The topological polar surface area (TPSA) is 50.2 Å². The van der Waals surface area contributed by atoms with Crippen LogP contribution in [-0.2, 0) is 16.1 Å². The molecule has 3 nitrogen and oxygen atoms in total. The van der Waals surface area contributed by atoms with Gasteiger partial charge in [-0.05, 0) is 0 Å². The fourth-order valence-corrected chi connectivity index (χ4v) is 4.86. The van der Waals surface area contributed by atoms with Gasteiger partial charge in [0.15, 0.2) is 0 Å². The first-order chi connectivity index (χ1) is 9.39. The summed E-state index contributed by atoms with van der Waals surface area (Å²) < 4.78 is 5.90. The van der Waals surface area contributed by atoms with Gasteiger partial charge >= 0.3 is 126 Å². The van der Waals surface area contributed by atoms with E-state index in [1.165, 1.54) is 0 Å². The van der Waals surface area contributed by atoms with E-state index in [2.05, 4.69) is 19.9 Å². The van der Waals surface area contributed by atoms with Gasteiger partial charge in [-0.25, -0.2) is 0 Å². The third-order valence-electron chi connectivity index (χ3n) is 3.13. The number of hydrogen-bond donors (Lipinski definition) is 1. The van der Waals surface area contributed by atoms with E-state index in [-0.39, 0.29) is 31.8 Å². The second kappa shape index (κ2) is 5.94. The van der Waals surface area contributed by atoms with Crippen molar-refractivity contribution in [1.82, 2.24) is 0 Å². The molecule has 1 heterocycles. The molecule has 2 rings (SSSR count). The van der Waals surface area contributed by atoms with Crippen molar-refractivity contribution in [3.8, 4) is 0 Å². The molecule has 4 heteroatoms. The molecule has 1 atom stereocenters. The van der Waals surface area contributed by atoms with Crippen LogP contribution in [0, 0.1) is 11.3 Å². The number of rotatable bonds is 3. The van der Waals surface area contributed by atoms with E-state index < -0.39 is 5.92 Å². The van der Waals surface area contributed by atoms with E-state index in [1.807, 2.05) is 37.3 Å². The van der Waals surface area contributed by atoms with Gasteiger partial charge in [0.1, 0.15) is 0 Å². The molecule has 0 fully saturated rings. The molecule has 0 aromatic heterocycles. The van der Waals surface area contributed by atoms with Gasteiger partial charge in [0, 0.05) is 0 Å². The molecular weight excluding hydrogens is 317 g/mol. The van der Waals surface area contributed by atoms with Crippen LogP contribution < -0.4 is 0 Å². The number of benzene rings is 1. The monoisotopic (exact) mass is 337 g/mol. The van der Waals surface area contributed by atoms with Crippen molar-refractivity contribution < 1.29 is 9.53 Å². The molecule has 0 amide bonds. The summed E-state index contributed by atoms with van der Waals surface area (Å²) >= 11 is 0.00292. The average molecular weight is 336 g/mol. The minimum atomic E-state index is -0.480. The van der Waals surface area contributed by atoms with E-state index in [1.54, 1.807) is 0 Å². The number of nitrogens with one attached hydrogen (secondary N) is 1. The van der Waals surface area contributed by atoms with Gasteiger partial charge in [0.2, 0.25) is 0 Å². The van der Waals surface area contributed by atoms with Crippen molar-refractivity contribution >= 4 is 25.5 Å². The van der Waals surface area contributed by atoms with E-state index in [9.17, 15) is 4.79 Å². The fraction of sp³-hybridized carbons (Fsp3) is 0.375. The zero-order valence-electron chi connectivity index (χ0n) is 12.0. The van der Waals surface area contributed by atoms with Crippen molar-refractivity contribution in [3.63, 3.8) is 0 Å². The van der Waals surface area contributed by atoms with E-state index in [0.717, 1.165) is 11.1 Å². The molecule has 1 N–H and O–H groups in total. The van der Waals surface area contributed by atoms with Crippen molar-refractivity contribution in [2.24, 2.45) is 5.92 Å². The third kappa shape index (κ3) is 3.59. The Morgan fingerprint density at radius 1 is 1.35 bits per heavy atom. The summed E-state index contributed by atoms with van der Waals surface area (Å²) in [6, 6.07) is 9.62. The van der Waals surface area contributed by atoms with Gasteiger partial charge in [0.05, 0.1) is 0 Å². The molecule has 0 radical (unpaired) electrons. The van der Waals surface area contributed by atoms with Crippen LogP contribution in [0.15, 0.2) is 42.0 Å². The molecule has 0 spiro atoms. The van der Waals surface area contributed by atoms with E-state index in [4.69, 9.17) is 10.1 Å². The van der Waals surface area contributed by atoms with Crippen LogP contribution in [0.4, 0.5) is 0 Å². The Morgan fingerprint density at radius 2 is 2.00 bits per heavy atom. The molecule has 1 aromatic rings. The Labute approximate surface area is 126 Å². The van der Waals surface area contributed by atoms with Gasteiger partial charge in [-0.1, -0.05) is 0 Å². The summed E-state index contributed by atoms with van der Waals surface area (Å²) in [4.78, 5) is 12.2. The fourth-order valence-electron chi connectivity index (χ4n) is 2.32. The van der Waals surface area contributed by atoms with Gasteiger partial charge in [0.25, 0.3) is 0 Å². The summed E-state index contributed by atoms with van der Waals surface area (Å²) in [5.74, 6) is -0.781. The first kappa shape index (κ1) is 15.0. The molecule has 1 aliphatic heterocycles. The Hall–Kier alpha value is -1.38. The number of hydrogen-bond acceptors (Lipinski definition) is 3. The van der Waals surface area contributed by atoms with E-state index >= 15 is 0 Å². The summed E-state index contributed by atoms with van der Waals surface area (Å²) in [7, 11) is 0. The first-order valence-corrected chi connectivity index (χ1v) is 8.28. The number of carbonyl (C=O) groups excluding carboxylic acids is 1. The van der Waals surface area contributed by atoms with Gasteiger partial charge in [-0.3, -0.25) is 0 Å². The third-order valence-corrected chi connectivity index (χ3v) is 5.43. The number of carbonyl (C=O) groups is 1. The first-order valence-electron chi connectivity index (χ1n) is 6.56. The normalized spacial score (nSPS) is 21.2. The second-order valence-electron chi connectivity index (χ2n) is 5.48. The standard InChI is InChI=1S/C16H19NO2Se/c1-11-9-16(2,3)20-14(17)13(11)15(18)19-10-12-7-5-4-6-8-12/h4-9,13,17H,10H2,1-3H3. The predicted molar refractivity (Wildman–Crippen MR) is 81.0 cm³/mol. The van der Waals surface area contributed by atoms with Gasteiger partial charge in [-0.15, -0.1) is 0 Å². The molecule has 0 saturated carbocycles. The maximum absolute atomic E-state index is 12.2. The Balaban J connectivity index is 2.04. The summed E-state index contributed by atoms with van der Waals surface area (Å²) in [6.07, 6.45) is 2.11. The number of allylic oxidation sites excluding steroid dienone is 1. The van der Waals surface area contributed by atoms with Crippen LogP contribution in [0.2, 0.25) is 4.31 Å². The quantitative estimate of drug-likeness (QED) is 0.524. The van der Waals surface area contributed by atoms with Crippen LogP contribution in [0.3, 0.4) is 0 Å². The van der Waals surface area contributed by atoms with Crippen molar-refractivity contribution in [3.05, 3.63) is 47.5 Å². The minimum absolute atomic E-state index is 0.00292. The molecule has 1 aromatic carbocycles. The van der Waals surface area contributed by atoms with Crippen LogP contribution >= 0.6 is 0 Å². The Kier molecular flexibility index (Phi) is 4.46. The summed E-state index contributed by atoms with van der Waals surface area (Å²) in [6.45, 7) is 6.40. The molecule has 1 aliphatic rings. The number of ether oxygens (including phenoxy) is 1. The maximum atomic E-state index is 12.2. The molecule has 0 bridgehead atoms. The number of esters is 1. The Bertz CT molecular complexity index is 549. The van der Waals surface area contributed by atoms with Crippen LogP contribution in [0.1, 0.15) is 26.3 Å². The van der Waals surface area contributed by atoms with Crippen molar-refractivity contribution in [2.75, 3.05) is 0 Å². The molecule has 0 saturated heterocycles. The summed E-state index contributed by atoms with van der Waals surface area (Å²) in [5, 5.41) is 8.13. The zero-order valence-corrected chi connectivity index (χ0v) is 13.7. The second-order valence-corrected chi connectivity index (χ2v) is 9.04. The molecular formula is C16H19NO2Se. The van der Waals surface area contributed by atoms with Crippen LogP contribution in [-0.4, -0.2) is 25.5 Å². The van der Waals surface area contributed by atoms with Crippen molar-refractivity contribution in [1.29, 1.82) is 5.41 Å². The SMILES string of the molecule is CC1=CC(C)(C)[Se]C(=N)C1C(=O)OCc1ccccc1. The van der Waals surface area contributed by atoms with Gasteiger partial charge < -0.3 is 0 Å². The zero-order chi connectivity index (χ0) is 14.8. The Morgan fingerprint density at radius 3 is 2.60 bits per heavy atom. The molecule has 106 valence electrons. The van der Waals surface area contributed by atoms with Crippen LogP contribution in [0.25, 0.3) is 0 Å². The summed E-state index contributed by atoms with van der Waals surface area (Å²) in [5.41, 5.74) is 1.90. The molecule has 0 aliphatic carbocycles. The van der Waals surface area contributed by atoms with Crippen LogP contribution in [0.5, 0.6) is 0 Å². The average Bonchev–Trinajstić information content (AvgIpc) is 2.35. The molecule has 20 heavy (non-hydrogen) atoms. The van der Waals surface area contributed by atoms with Crippen molar-refractivity contribution in [2.45, 2.75) is 31.7 Å². The molecule has 1 unspecified atom stereocenters. The predicted octanol–water partition coefficient (Wildman–Crippen LogP) is 3.19. The van der Waals surface area contributed by atoms with Gasteiger partial charge in [-0.2, -0.15) is 0 Å².